The molecule has 4 aromatic carbocycles. The van der Waals surface area contributed by atoms with E-state index in [1.165, 1.54) is 0 Å². The average Bonchev–Trinajstić information content (AvgIpc) is 3.08. The Morgan fingerprint density at radius 2 is 1.24 bits per heavy atom. The van der Waals surface area contributed by atoms with Crippen molar-refractivity contribution in [3.8, 4) is 22.8 Å². The van der Waals surface area contributed by atoms with Crippen LogP contribution in [0.3, 0.4) is 0 Å². The van der Waals surface area contributed by atoms with Gasteiger partial charge in [0.05, 0.1) is 0 Å². The molecule has 0 spiro atoms. The van der Waals surface area contributed by atoms with Gasteiger partial charge < -0.3 is 14.6 Å². The van der Waals surface area contributed by atoms with Gasteiger partial charge in [-0.05, 0) is 64.7 Å². The van der Waals surface area contributed by atoms with Gasteiger partial charge in [-0.25, -0.2) is 0 Å². The van der Waals surface area contributed by atoms with Gasteiger partial charge in [-0.2, -0.15) is 0 Å². The van der Waals surface area contributed by atoms with Gasteiger partial charge >= 0.3 is 0 Å². The lowest BCUT2D eigenvalue weighted by Gasteiger charge is -2.06. The van der Waals surface area contributed by atoms with Gasteiger partial charge in [0.2, 0.25) is 0 Å². The Balaban J connectivity index is 1.93. The van der Waals surface area contributed by atoms with Crippen LogP contribution in [0.1, 0.15) is 0 Å². The molecule has 0 fully saturated rings. The van der Waals surface area contributed by atoms with Crippen LogP contribution in [-0.4, -0.2) is 10.2 Å². The summed E-state index contributed by atoms with van der Waals surface area (Å²) >= 11 is 0. The van der Waals surface area contributed by atoms with Crippen molar-refractivity contribution in [2.24, 2.45) is 0 Å². The molecule has 0 saturated heterocycles. The number of phenols is 2. The SMILES string of the molecule is Oc1ccc(-c2cc3c4ccccc4c4cc(O)ccc4c3o2)cc1. The maximum atomic E-state index is 9.92. The molecule has 3 nitrogen and oxygen atoms in total. The molecule has 0 saturated carbocycles. The topological polar surface area (TPSA) is 53.6 Å². The zero-order valence-electron chi connectivity index (χ0n) is 13.2. The molecule has 2 N–H and O–H groups in total. The van der Waals surface area contributed by atoms with Crippen LogP contribution >= 0.6 is 0 Å². The molecule has 0 aliphatic rings. The highest BCUT2D eigenvalue weighted by Crippen LogP contribution is 2.40. The molecule has 0 aliphatic carbocycles. The number of benzene rings is 4. The van der Waals surface area contributed by atoms with E-state index in [1.807, 2.05) is 36.4 Å². The van der Waals surface area contributed by atoms with Crippen molar-refractivity contribution >= 4 is 32.5 Å². The first kappa shape index (κ1) is 13.9. The van der Waals surface area contributed by atoms with Crippen LogP contribution in [0.5, 0.6) is 11.5 Å². The largest absolute Gasteiger partial charge is 0.508 e. The first-order chi connectivity index (χ1) is 12.2. The van der Waals surface area contributed by atoms with Gasteiger partial charge in [0.25, 0.3) is 0 Å². The van der Waals surface area contributed by atoms with Crippen molar-refractivity contribution in [1.29, 1.82) is 0 Å². The van der Waals surface area contributed by atoms with Gasteiger partial charge in [-0.3, -0.25) is 0 Å². The number of rotatable bonds is 1. The molecule has 0 atom stereocenters. The molecular formula is C22H14O3. The van der Waals surface area contributed by atoms with Crippen LogP contribution in [0.25, 0.3) is 43.8 Å². The molecule has 1 aromatic heterocycles. The average molecular weight is 326 g/mol. The van der Waals surface area contributed by atoms with E-state index in [4.69, 9.17) is 4.42 Å². The van der Waals surface area contributed by atoms with Crippen LogP contribution in [0.15, 0.2) is 77.2 Å². The smallest absolute Gasteiger partial charge is 0.143 e. The van der Waals surface area contributed by atoms with Crippen molar-refractivity contribution in [2.75, 3.05) is 0 Å². The Bertz CT molecular complexity index is 1250. The fourth-order valence-electron chi connectivity index (χ4n) is 3.47. The lowest BCUT2D eigenvalue weighted by atomic mass is 9.98. The first-order valence-electron chi connectivity index (χ1n) is 8.07. The van der Waals surface area contributed by atoms with E-state index in [2.05, 4.69) is 12.1 Å². The van der Waals surface area contributed by atoms with E-state index in [0.29, 0.717) is 0 Å². The van der Waals surface area contributed by atoms with Crippen molar-refractivity contribution < 1.29 is 14.6 Å². The van der Waals surface area contributed by atoms with Crippen LogP contribution < -0.4 is 0 Å². The van der Waals surface area contributed by atoms with E-state index in [9.17, 15) is 10.2 Å². The van der Waals surface area contributed by atoms with Crippen molar-refractivity contribution in [3.63, 3.8) is 0 Å². The summed E-state index contributed by atoms with van der Waals surface area (Å²) in [5, 5.41) is 24.6. The minimum atomic E-state index is 0.228. The monoisotopic (exact) mass is 326 g/mol. The Kier molecular flexibility index (Phi) is 2.80. The molecule has 5 aromatic rings. The quantitative estimate of drug-likeness (QED) is 0.382. The van der Waals surface area contributed by atoms with E-state index in [-0.39, 0.29) is 11.5 Å². The number of aromatic hydroxyl groups is 2. The normalized spacial score (nSPS) is 11.5. The number of fused-ring (bicyclic) bond motifs is 6. The zero-order chi connectivity index (χ0) is 17.0. The van der Waals surface area contributed by atoms with Crippen LogP contribution in [0, 0.1) is 0 Å². The summed E-state index contributed by atoms with van der Waals surface area (Å²) in [5.74, 6) is 1.22. The van der Waals surface area contributed by atoms with E-state index >= 15 is 0 Å². The lowest BCUT2D eigenvalue weighted by molar-refractivity contribution is 0.475. The van der Waals surface area contributed by atoms with E-state index in [1.54, 1.807) is 24.3 Å². The van der Waals surface area contributed by atoms with Gasteiger partial charge in [0.15, 0.2) is 0 Å². The molecule has 0 amide bonds. The molecule has 3 heteroatoms. The molecule has 0 radical (unpaired) electrons. The van der Waals surface area contributed by atoms with Gasteiger partial charge in [0, 0.05) is 16.3 Å². The highest BCUT2D eigenvalue weighted by atomic mass is 16.3. The molecule has 5 rings (SSSR count). The fourth-order valence-corrected chi connectivity index (χ4v) is 3.47. The van der Waals surface area contributed by atoms with Crippen LogP contribution in [0.2, 0.25) is 0 Å². The second kappa shape index (κ2) is 5.02. The molecular weight excluding hydrogens is 312 g/mol. The number of phenolic OH excluding ortho intramolecular Hbond substituents is 2. The Hall–Kier alpha value is -3.46. The Morgan fingerprint density at radius 3 is 2.00 bits per heavy atom. The number of furan rings is 1. The molecule has 25 heavy (non-hydrogen) atoms. The highest BCUT2D eigenvalue weighted by Gasteiger charge is 2.14. The summed E-state index contributed by atoms with van der Waals surface area (Å²) in [7, 11) is 0. The summed E-state index contributed by atoms with van der Waals surface area (Å²) in [6.45, 7) is 0. The molecule has 1 heterocycles. The highest BCUT2D eigenvalue weighted by molar-refractivity contribution is 6.24. The summed E-state index contributed by atoms with van der Waals surface area (Å²) in [5.41, 5.74) is 1.71. The number of hydrogen-bond donors (Lipinski definition) is 2. The second-order valence-electron chi connectivity index (χ2n) is 6.18. The van der Waals surface area contributed by atoms with Crippen molar-refractivity contribution in [3.05, 3.63) is 72.8 Å². The summed E-state index contributed by atoms with van der Waals surface area (Å²) in [4.78, 5) is 0. The van der Waals surface area contributed by atoms with E-state index in [0.717, 1.165) is 43.8 Å². The standard InChI is InChI=1S/C22H14O3/c23-14-7-5-13(6-8-14)21-12-20-17-4-2-1-3-16(17)19-11-15(24)9-10-18(19)22(20)25-21/h1-12,23-24H. The number of hydrogen-bond acceptors (Lipinski definition) is 3. The van der Waals surface area contributed by atoms with Gasteiger partial charge in [-0.15, -0.1) is 0 Å². The minimum Gasteiger partial charge on any atom is -0.508 e. The summed E-state index contributed by atoms with van der Waals surface area (Å²) in [6, 6.07) is 22.5. The third kappa shape index (κ3) is 2.06. The molecule has 0 aliphatic heterocycles. The maximum absolute atomic E-state index is 9.92. The lowest BCUT2D eigenvalue weighted by Crippen LogP contribution is -1.79. The summed E-state index contributed by atoms with van der Waals surface area (Å²) in [6.07, 6.45) is 0. The molecule has 0 bridgehead atoms. The van der Waals surface area contributed by atoms with Gasteiger partial charge in [0.1, 0.15) is 22.8 Å². The third-order valence-electron chi connectivity index (χ3n) is 4.64. The molecule has 120 valence electrons. The Labute approximate surface area is 143 Å². The third-order valence-corrected chi connectivity index (χ3v) is 4.64. The van der Waals surface area contributed by atoms with E-state index < -0.39 is 0 Å². The van der Waals surface area contributed by atoms with Gasteiger partial charge in [-0.1, -0.05) is 24.3 Å². The first-order valence-corrected chi connectivity index (χ1v) is 8.07. The predicted octanol–water partition coefficient (Wildman–Crippen LogP) is 5.82. The second-order valence-corrected chi connectivity index (χ2v) is 6.18. The fraction of sp³-hybridized carbons (Fsp3) is 0. The maximum Gasteiger partial charge on any atom is 0.143 e. The van der Waals surface area contributed by atoms with Crippen LogP contribution in [-0.2, 0) is 0 Å². The van der Waals surface area contributed by atoms with Crippen molar-refractivity contribution in [1.82, 2.24) is 0 Å². The predicted molar refractivity (Wildman–Crippen MR) is 100.0 cm³/mol. The van der Waals surface area contributed by atoms with Crippen LogP contribution in [0.4, 0.5) is 0 Å². The molecule has 0 unspecified atom stereocenters. The summed E-state index contributed by atoms with van der Waals surface area (Å²) < 4.78 is 6.19. The van der Waals surface area contributed by atoms with Crippen molar-refractivity contribution in [2.45, 2.75) is 0 Å². The zero-order valence-corrected chi connectivity index (χ0v) is 13.2. The minimum absolute atomic E-state index is 0.228. The Morgan fingerprint density at radius 1 is 0.560 bits per heavy atom.